The number of sulfone groups is 1. The van der Waals surface area contributed by atoms with Crippen LogP contribution in [0.3, 0.4) is 0 Å². The summed E-state index contributed by atoms with van der Waals surface area (Å²) in [6.45, 7) is 3.95. The van der Waals surface area contributed by atoms with E-state index in [4.69, 9.17) is 11.6 Å². The number of hydrogen-bond acceptors (Lipinski definition) is 4. The molecule has 0 aromatic heterocycles. The molecule has 1 heterocycles. The fourth-order valence-corrected chi connectivity index (χ4v) is 5.68. The number of hydrogen-bond donors (Lipinski definition) is 1. The summed E-state index contributed by atoms with van der Waals surface area (Å²) >= 11 is 6.15. The Bertz CT molecular complexity index is 1060. The van der Waals surface area contributed by atoms with Gasteiger partial charge in [0, 0.05) is 12.6 Å². The predicted octanol–water partition coefficient (Wildman–Crippen LogP) is 3.40. The normalized spacial score (nSPS) is 18.2. The maximum Gasteiger partial charge on any atom is 0.253 e. The first-order valence-corrected chi connectivity index (χ1v) is 12.2. The zero-order valence-corrected chi connectivity index (χ0v) is 18.6. The Kier molecular flexibility index (Phi) is 7.51. The quantitative estimate of drug-likeness (QED) is 0.612. The van der Waals surface area contributed by atoms with Crippen LogP contribution in [0.5, 0.6) is 0 Å². The van der Waals surface area contributed by atoms with Gasteiger partial charge in [-0.2, -0.15) is 0 Å². The van der Waals surface area contributed by atoms with E-state index in [0.29, 0.717) is 17.0 Å². The lowest BCUT2D eigenvalue weighted by molar-refractivity contribution is -0.133. The van der Waals surface area contributed by atoms with Gasteiger partial charge in [-0.25, -0.2) is 8.42 Å². The first-order chi connectivity index (χ1) is 14.8. The highest BCUT2D eigenvalue weighted by molar-refractivity contribution is 7.91. The lowest BCUT2D eigenvalue weighted by atomic mass is 10.0. The summed E-state index contributed by atoms with van der Waals surface area (Å²) in [5.41, 5.74) is 1.09. The molecule has 2 aromatic carbocycles. The predicted molar refractivity (Wildman–Crippen MR) is 122 cm³/mol. The molecule has 0 bridgehead atoms. The number of carbonyl (C=O) groups excluding carboxylic acids is 2. The van der Waals surface area contributed by atoms with Crippen LogP contribution in [-0.2, 0) is 14.6 Å². The summed E-state index contributed by atoms with van der Waals surface area (Å²) in [5.74, 6) is -0.598. The molecule has 0 aliphatic carbocycles. The Balaban J connectivity index is 1.82. The molecule has 6 nitrogen and oxygen atoms in total. The summed E-state index contributed by atoms with van der Waals surface area (Å²) in [5, 5.41) is 3.23. The topological polar surface area (TPSA) is 83.6 Å². The van der Waals surface area contributed by atoms with Crippen LogP contribution in [0.25, 0.3) is 0 Å². The molecule has 1 saturated heterocycles. The van der Waals surface area contributed by atoms with Gasteiger partial charge in [0.2, 0.25) is 5.91 Å². The Morgan fingerprint density at radius 3 is 2.45 bits per heavy atom. The molecule has 2 atom stereocenters. The van der Waals surface area contributed by atoms with E-state index in [1.165, 1.54) is 0 Å². The zero-order valence-electron chi connectivity index (χ0n) is 17.0. The smallest absolute Gasteiger partial charge is 0.253 e. The molecule has 1 aliphatic heterocycles. The van der Waals surface area contributed by atoms with E-state index in [1.807, 2.05) is 30.3 Å². The van der Waals surface area contributed by atoms with Crippen molar-refractivity contribution in [3.63, 3.8) is 0 Å². The second-order valence-electron chi connectivity index (χ2n) is 7.51. The van der Waals surface area contributed by atoms with Gasteiger partial charge in [0.1, 0.15) is 0 Å². The van der Waals surface area contributed by atoms with Crippen molar-refractivity contribution in [3.8, 4) is 0 Å². The Morgan fingerprint density at radius 1 is 1.16 bits per heavy atom. The zero-order chi connectivity index (χ0) is 22.4. The number of rotatable bonds is 8. The van der Waals surface area contributed by atoms with Gasteiger partial charge in [0.15, 0.2) is 9.84 Å². The number of nitrogens with zero attached hydrogens (tertiary/aromatic N) is 1. The highest BCUT2D eigenvalue weighted by Crippen LogP contribution is 2.24. The molecular weight excluding hydrogens is 436 g/mol. The monoisotopic (exact) mass is 460 g/mol. The molecule has 0 saturated carbocycles. The van der Waals surface area contributed by atoms with E-state index in [0.717, 1.165) is 5.56 Å². The lowest BCUT2D eigenvalue weighted by Crippen LogP contribution is -2.43. The van der Waals surface area contributed by atoms with Crippen LogP contribution in [0.1, 0.15) is 34.8 Å². The molecule has 1 aliphatic rings. The molecule has 31 heavy (non-hydrogen) atoms. The Hall–Kier alpha value is -2.64. The van der Waals surface area contributed by atoms with Gasteiger partial charge in [-0.1, -0.05) is 60.1 Å². The van der Waals surface area contributed by atoms with Crippen LogP contribution in [0.4, 0.5) is 0 Å². The van der Waals surface area contributed by atoms with Gasteiger partial charge < -0.3 is 10.2 Å². The minimum Gasteiger partial charge on any atom is -0.345 e. The van der Waals surface area contributed by atoms with Gasteiger partial charge in [0.25, 0.3) is 5.91 Å². The van der Waals surface area contributed by atoms with E-state index in [2.05, 4.69) is 11.9 Å². The van der Waals surface area contributed by atoms with Crippen LogP contribution >= 0.6 is 11.6 Å². The maximum atomic E-state index is 13.2. The van der Waals surface area contributed by atoms with E-state index in [-0.39, 0.29) is 42.3 Å². The molecule has 3 rings (SSSR count). The highest BCUT2D eigenvalue weighted by atomic mass is 35.5. The average Bonchev–Trinajstić information content (AvgIpc) is 3.11. The van der Waals surface area contributed by atoms with Crippen molar-refractivity contribution >= 4 is 33.3 Å². The largest absolute Gasteiger partial charge is 0.345 e. The average molecular weight is 461 g/mol. The van der Waals surface area contributed by atoms with Crippen LogP contribution in [0, 0.1) is 0 Å². The number of benzene rings is 2. The fraction of sp³-hybridized carbons (Fsp3) is 0.304. The van der Waals surface area contributed by atoms with E-state index in [1.54, 1.807) is 35.2 Å². The summed E-state index contributed by atoms with van der Waals surface area (Å²) in [6.07, 6.45) is 1.98. The Morgan fingerprint density at radius 2 is 1.84 bits per heavy atom. The molecule has 2 unspecified atom stereocenters. The summed E-state index contributed by atoms with van der Waals surface area (Å²) in [7, 11) is -3.15. The molecular formula is C23H25ClN2O4S. The van der Waals surface area contributed by atoms with Gasteiger partial charge >= 0.3 is 0 Å². The van der Waals surface area contributed by atoms with E-state index in [9.17, 15) is 18.0 Å². The molecule has 2 aromatic rings. The molecule has 0 spiro atoms. The van der Waals surface area contributed by atoms with Gasteiger partial charge in [0.05, 0.1) is 34.6 Å². The van der Waals surface area contributed by atoms with Crippen molar-refractivity contribution in [1.29, 1.82) is 0 Å². The summed E-state index contributed by atoms with van der Waals surface area (Å²) in [4.78, 5) is 27.6. The highest BCUT2D eigenvalue weighted by Gasteiger charge is 2.35. The summed E-state index contributed by atoms with van der Waals surface area (Å²) < 4.78 is 23.8. The summed E-state index contributed by atoms with van der Waals surface area (Å²) in [6, 6.07) is 14.9. The second kappa shape index (κ2) is 10.1. The second-order valence-corrected chi connectivity index (χ2v) is 10.1. The molecule has 0 radical (unpaired) electrons. The van der Waals surface area contributed by atoms with Crippen molar-refractivity contribution in [3.05, 3.63) is 83.4 Å². The van der Waals surface area contributed by atoms with Gasteiger partial charge in [-0.05, 0) is 24.1 Å². The van der Waals surface area contributed by atoms with E-state index < -0.39 is 15.9 Å². The Labute approximate surface area is 187 Å². The minimum absolute atomic E-state index is 0.00933. The molecule has 2 amide bonds. The first-order valence-electron chi connectivity index (χ1n) is 10.0. The lowest BCUT2D eigenvalue weighted by Gasteiger charge is -2.29. The van der Waals surface area contributed by atoms with Crippen molar-refractivity contribution < 1.29 is 18.0 Å². The molecule has 8 heteroatoms. The minimum atomic E-state index is -3.15. The van der Waals surface area contributed by atoms with Crippen LogP contribution in [-0.4, -0.2) is 49.2 Å². The number of amides is 2. The van der Waals surface area contributed by atoms with Crippen molar-refractivity contribution in [1.82, 2.24) is 10.2 Å². The van der Waals surface area contributed by atoms with Crippen LogP contribution in [0.2, 0.25) is 5.02 Å². The standard InChI is InChI=1S/C23H25ClN2O4S/c1-2-13-26(18-12-14-31(29,30)16-18)22(27)15-21(17-8-4-3-5-9-17)25-23(28)19-10-6-7-11-20(19)24/h2-11,18,21H,1,12-16H2,(H,25,28). The van der Waals surface area contributed by atoms with Crippen molar-refractivity contribution in [2.75, 3.05) is 18.1 Å². The number of halogens is 1. The van der Waals surface area contributed by atoms with Gasteiger partial charge in [-0.15, -0.1) is 6.58 Å². The maximum absolute atomic E-state index is 13.2. The van der Waals surface area contributed by atoms with Crippen LogP contribution in [0.15, 0.2) is 67.3 Å². The van der Waals surface area contributed by atoms with Crippen molar-refractivity contribution in [2.24, 2.45) is 0 Å². The number of nitrogens with one attached hydrogen (secondary N) is 1. The van der Waals surface area contributed by atoms with Crippen LogP contribution < -0.4 is 5.32 Å². The third kappa shape index (κ3) is 5.95. The number of carbonyl (C=O) groups is 2. The van der Waals surface area contributed by atoms with Gasteiger partial charge in [-0.3, -0.25) is 9.59 Å². The SMILES string of the molecule is C=CCN(C(=O)CC(NC(=O)c1ccccc1Cl)c1ccccc1)C1CCS(=O)(=O)C1. The molecule has 164 valence electrons. The third-order valence-corrected chi connectivity index (χ3v) is 7.38. The van der Waals surface area contributed by atoms with Crippen molar-refractivity contribution in [2.45, 2.75) is 24.9 Å². The third-order valence-electron chi connectivity index (χ3n) is 5.30. The molecule has 1 fully saturated rings. The fourth-order valence-electron chi connectivity index (χ4n) is 3.73. The van der Waals surface area contributed by atoms with E-state index >= 15 is 0 Å². The molecule has 1 N–H and O–H groups in total. The first kappa shape index (κ1) is 23.0.